The Hall–Kier alpha value is -0.670. The number of nitrogens with two attached hydrogens (primary N) is 1. The van der Waals surface area contributed by atoms with Crippen molar-refractivity contribution in [3.8, 4) is 0 Å². The van der Waals surface area contributed by atoms with E-state index in [4.69, 9.17) is 16.4 Å². The quantitative estimate of drug-likeness (QED) is 0.660. The molecule has 1 aromatic rings. The predicted octanol–water partition coefficient (Wildman–Crippen LogP) is 3.51. The molecule has 0 heterocycles. The van der Waals surface area contributed by atoms with Crippen molar-refractivity contribution in [2.45, 2.75) is 19.3 Å². The van der Waals surface area contributed by atoms with Crippen LogP contribution in [0.4, 0.5) is 4.79 Å². The number of primary amides is 1. The van der Waals surface area contributed by atoms with Crippen LogP contribution >= 0.6 is 24.2 Å². The number of halogens is 1. The molecule has 1 aromatic carbocycles. The Balaban J connectivity index is 0.000000204. The number of rotatable bonds is 0. The number of hydrogen-bond donors (Lipinski definition) is 2. The molecular weight excluding hydrogens is 218 g/mol. The third-order valence-corrected chi connectivity index (χ3v) is 1.34. The maximum absolute atomic E-state index is 9.09. The van der Waals surface area contributed by atoms with Crippen molar-refractivity contribution in [2.75, 3.05) is 0 Å². The van der Waals surface area contributed by atoms with Crippen molar-refractivity contribution >= 4 is 29.5 Å². The molecule has 0 spiro atoms. The lowest BCUT2D eigenvalue weighted by Gasteiger charge is -1.80. The van der Waals surface area contributed by atoms with Crippen LogP contribution in [-0.4, -0.2) is 5.24 Å². The molecule has 1 aliphatic rings. The van der Waals surface area contributed by atoms with Gasteiger partial charge in [0, 0.05) is 5.02 Å². The summed E-state index contributed by atoms with van der Waals surface area (Å²) in [4.78, 5) is 9.09. The lowest BCUT2D eigenvalue weighted by molar-refractivity contribution is 0.267. The van der Waals surface area contributed by atoms with Crippen molar-refractivity contribution < 1.29 is 4.79 Å². The average molecular weight is 232 g/mol. The van der Waals surface area contributed by atoms with Crippen LogP contribution in [0.3, 0.4) is 0 Å². The summed E-state index contributed by atoms with van der Waals surface area (Å²) in [6.45, 7) is 0. The second kappa shape index (κ2) is 8.91. The van der Waals surface area contributed by atoms with E-state index in [1.54, 1.807) is 0 Å². The van der Waals surface area contributed by atoms with Gasteiger partial charge in [0.05, 0.1) is 0 Å². The highest BCUT2D eigenvalue weighted by molar-refractivity contribution is 7.96. The minimum Gasteiger partial charge on any atom is -0.361 e. The topological polar surface area (TPSA) is 43.1 Å². The van der Waals surface area contributed by atoms with Crippen LogP contribution in [0.2, 0.25) is 5.02 Å². The van der Waals surface area contributed by atoms with Crippen molar-refractivity contribution in [3.63, 3.8) is 0 Å². The normalized spacial score (nSPS) is 11.3. The van der Waals surface area contributed by atoms with Gasteiger partial charge in [-0.05, 0) is 12.1 Å². The van der Waals surface area contributed by atoms with E-state index >= 15 is 0 Å². The third-order valence-electron chi connectivity index (χ3n) is 1.09. The van der Waals surface area contributed by atoms with Crippen LogP contribution in [0, 0.1) is 0 Å². The molecule has 0 atom stereocenters. The van der Waals surface area contributed by atoms with E-state index in [9.17, 15) is 0 Å². The van der Waals surface area contributed by atoms with E-state index < -0.39 is 5.24 Å². The van der Waals surface area contributed by atoms with Crippen LogP contribution in [-0.2, 0) is 0 Å². The lowest BCUT2D eigenvalue weighted by atomic mass is 10.4. The van der Waals surface area contributed by atoms with Crippen molar-refractivity contribution in [1.29, 1.82) is 0 Å². The fourth-order valence-electron chi connectivity index (χ4n) is 0.415. The van der Waals surface area contributed by atoms with Crippen LogP contribution in [0.5, 0.6) is 0 Å². The fraction of sp³-hybridized carbons (Fsp3) is 0.300. The molecule has 1 saturated carbocycles. The molecule has 0 aromatic heterocycles. The van der Waals surface area contributed by atoms with E-state index in [1.165, 1.54) is 19.3 Å². The van der Waals surface area contributed by atoms with Crippen LogP contribution in [0.25, 0.3) is 0 Å². The molecule has 2 nitrogen and oxygen atoms in total. The minimum atomic E-state index is -0.639. The van der Waals surface area contributed by atoms with E-state index in [2.05, 4.69) is 18.4 Å². The fourth-order valence-corrected chi connectivity index (χ4v) is 0.560. The first-order valence-electron chi connectivity index (χ1n) is 4.32. The zero-order valence-corrected chi connectivity index (χ0v) is 9.47. The summed E-state index contributed by atoms with van der Waals surface area (Å²) >= 11 is 8.64. The minimum absolute atomic E-state index is 0.639. The van der Waals surface area contributed by atoms with Gasteiger partial charge in [0.2, 0.25) is 0 Å². The first-order valence-corrected chi connectivity index (χ1v) is 5.14. The number of thiol groups is 1. The van der Waals surface area contributed by atoms with E-state index in [0.29, 0.717) is 0 Å². The van der Waals surface area contributed by atoms with Gasteiger partial charge in [0.15, 0.2) is 0 Å². The molecule has 0 bridgehead atoms. The van der Waals surface area contributed by atoms with E-state index in [0.717, 1.165) is 5.02 Å². The average Bonchev–Trinajstić information content (AvgIpc) is 2.89. The van der Waals surface area contributed by atoms with Gasteiger partial charge in [0.25, 0.3) is 5.24 Å². The number of amides is 1. The Morgan fingerprint density at radius 1 is 1.21 bits per heavy atom. The van der Waals surface area contributed by atoms with Gasteiger partial charge in [-0.15, -0.1) is 0 Å². The van der Waals surface area contributed by atoms with Gasteiger partial charge in [-0.3, -0.25) is 4.79 Å². The second-order valence-corrected chi connectivity index (χ2v) is 3.57. The predicted molar refractivity (Wildman–Crippen MR) is 63.9 cm³/mol. The Kier molecular flexibility index (Phi) is 8.48. The van der Waals surface area contributed by atoms with Gasteiger partial charge >= 0.3 is 0 Å². The summed E-state index contributed by atoms with van der Waals surface area (Å²) in [5, 5.41) is 0.155. The highest BCUT2D eigenvalue weighted by Crippen LogP contribution is 2.14. The smallest absolute Gasteiger partial charge is 0.273 e. The van der Waals surface area contributed by atoms with Crippen molar-refractivity contribution in [3.05, 3.63) is 35.4 Å². The molecule has 4 heteroatoms. The molecule has 1 aliphatic carbocycles. The van der Waals surface area contributed by atoms with Gasteiger partial charge < -0.3 is 5.73 Å². The standard InChI is InChI=1S/C6H5Cl.C3H6.CH3NOS/c7-6-4-2-1-3-5-6;1-2-3-1;2-1(3)4/h1-5H;1-3H2;(H3,2,3,4). The number of carbonyl (C=O) groups is 1. The first kappa shape index (κ1) is 13.3. The Morgan fingerprint density at radius 2 is 1.57 bits per heavy atom. The number of benzene rings is 1. The molecular formula is C10H14ClNOS. The monoisotopic (exact) mass is 231 g/mol. The Bertz CT molecular complexity index is 245. The summed E-state index contributed by atoms with van der Waals surface area (Å²) in [5.41, 5.74) is 4.34. The zero-order chi connectivity index (χ0) is 10.8. The molecule has 0 aliphatic heterocycles. The highest BCUT2D eigenvalue weighted by atomic mass is 35.5. The van der Waals surface area contributed by atoms with Gasteiger partial charge in [-0.25, -0.2) is 0 Å². The summed E-state index contributed by atoms with van der Waals surface area (Å²) in [6, 6.07) is 9.44. The van der Waals surface area contributed by atoms with E-state index in [-0.39, 0.29) is 0 Å². The molecule has 0 saturated heterocycles. The third kappa shape index (κ3) is 17.4. The summed E-state index contributed by atoms with van der Waals surface area (Å²) in [6.07, 6.45) is 4.50. The molecule has 14 heavy (non-hydrogen) atoms. The SMILES string of the molecule is C1CC1.Clc1ccccc1.NC(=O)S. The Labute approximate surface area is 94.9 Å². The van der Waals surface area contributed by atoms with Gasteiger partial charge in [-0.1, -0.05) is 61.7 Å². The van der Waals surface area contributed by atoms with Gasteiger partial charge in [-0.2, -0.15) is 0 Å². The van der Waals surface area contributed by atoms with Crippen LogP contribution in [0.15, 0.2) is 30.3 Å². The van der Waals surface area contributed by atoms with Crippen LogP contribution < -0.4 is 5.73 Å². The Morgan fingerprint density at radius 3 is 1.71 bits per heavy atom. The molecule has 2 rings (SSSR count). The maximum atomic E-state index is 9.09. The lowest BCUT2D eigenvalue weighted by Crippen LogP contribution is -1.95. The van der Waals surface area contributed by atoms with Gasteiger partial charge in [0.1, 0.15) is 0 Å². The summed E-state index contributed by atoms with van der Waals surface area (Å²) < 4.78 is 0. The first-order chi connectivity index (χ1) is 6.63. The van der Waals surface area contributed by atoms with Crippen LogP contribution in [0.1, 0.15) is 19.3 Å². The molecule has 0 unspecified atom stereocenters. The highest BCUT2D eigenvalue weighted by Gasteiger charge is 1.95. The summed E-state index contributed by atoms with van der Waals surface area (Å²) in [7, 11) is 0. The molecule has 0 radical (unpaired) electrons. The maximum Gasteiger partial charge on any atom is 0.273 e. The molecule has 1 fully saturated rings. The number of carbonyl (C=O) groups excluding carboxylic acids is 1. The van der Waals surface area contributed by atoms with Crippen molar-refractivity contribution in [1.82, 2.24) is 0 Å². The summed E-state index contributed by atoms with van der Waals surface area (Å²) in [5.74, 6) is 0. The number of hydrogen-bond acceptors (Lipinski definition) is 1. The van der Waals surface area contributed by atoms with E-state index in [1.807, 2.05) is 30.3 Å². The molecule has 2 N–H and O–H groups in total. The zero-order valence-electron chi connectivity index (χ0n) is 7.82. The second-order valence-electron chi connectivity index (χ2n) is 2.69. The molecule has 1 amide bonds. The largest absolute Gasteiger partial charge is 0.361 e. The van der Waals surface area contributed by atoms with Crippen molar-refractivity contribution in [2.24, 2.45) is 5.73 Å². The molecule has 78 valence electrons.